The van der Waals surface area contributed by atoms with Gasteiger partial charge in [-0.15, -0.1) is 0 Å². The number of carboxylic acids is 1. The second-order valence-electron chi connectivity index (χ2n) is 4.19. The number of nitrogens with one attached hydrogen (secondary N) is 1. The van der Waals surface area contributed by atoms with Gasteiger partial charge in [-0.05, 0) is 25.0 Å². The van der Waals surface area contributed by atoms with Gasteiger partial charge in [0.15, 0.2) is 0 Å². The molecule has 5 nitrogen and oxygen atoms in total. The molecule has 1 heterocycles. The van der Waals surface area contributed by atoms with E-state index in [1.165, 1.54) is 18.3 Å². The molecule has 0 radical (unpaired) electrons. The largest absolute Gasteiger partial charge is 0.477 e. The minimum Gasteiger partial charge on any atom is -0.477 e. The lowest BCUT2D eigenvalue weighted by Crippen LogP contribution is -2.32. The van der Waals surface area contributed by atoms with Crippen LogP contribution in [0.1, 0.15) is 46.5 Å². The third-order valence-corrected chi connectivity index (χ3v) is 2.93. The number of aromatic carboxylic acids is 1. The number of amides is 1. The van der Waals surface area contributed by atoms with Gasteiger partial charge in [-0.3, -0.25) is 4.79 Å². The van der Waals surface area contributed by atoms with Crippen LogP contribution in [0.15, 0.2) is 18.3 Å². The Bertz CT molecular complexity index is 439. The minimum atomic E-state index is -1.12. The second-order valence-corrected chi connectivity index (χ2v) is 4.19. The molecule has 90 valence electrons. The van der Waals surface area contributed by atoms with Crippen molar-refractivity contribution in [3.63, 3.8) is 0 Å². The lowest BCUT2D eigenvalue weighted by Gasteiger charge is -2.11. The van der Waals surface area contributed by atoms with Gasteiger partial charge < -0.3 is 10.4 Å². The van der Waals surface area contributed by atoms with E-state index in [0.29, 0.717) is 5.56 Å². The molecule has 0 unspecified atom stereocenters. The van der Waals surface area contributed by atoms with Crippen LogP contribution in [0, 0.1) is 0 Å². The Kier molecular flexibility index (Phi) is 3.37. The highest BCUT2D eigenvalue weighted by Crippen LogP contribution is 2.18. The molecule has 0 aliphatic heterocycles. The van der Waals surface area contributed by atoms with Gasteiger partial charge in [0.1, 0.15) is 5.69 Å². The van der Waals surface area contributed by atoms with Crippen molar-refractivity contribution >= 4 is 11.9 Å². The molecular formula is C12H14N2O3. The summed E-state index contributed by atoms with van der Waals surface area (Å²) in [5.74, 6) is -1.35. The smallest absolute Gasteiger partial charge is 0.354 e. The highest BCUT2D eigenvalue weighted by atomic mass is 16.4. The van der Waals surface area contributed by atoms with Gasteiger partial charge in [0.05, 0.1) is 0 Å². The lowest BCUT2D eigenvalue weighted by molar-refractivity contribution is 0.0690. The third kappa shape index (κ3) is 2.81. The number of nitrogens with zero attached hydrogens (tertiary/aromatic N) is 1. The maximum atomic E-state index is 11.8. The molecule has 0 saturated heterocycles. The number of hydrogen-bond donors (Lipinski definition) is 2. The van der Waals surface area contributed by atoms with E-state index in [-0.39, 0.29) is 17.6 Å². The zero-order valence-corrected chi connectivity index (χ0v) is 9.35. The zero-order valence-electron chi connectivity index (χ0n) is 9.35. The van der Waals surface area contributed by atoms with Crippen LogP contribution in [0.4, 0.5) is 0 Å². The monoisotopic (exact) mass is 234 g/mol. The van der Waals surface area contributed by atoms with E-state index >= 15 is 0 Å². The van der Waals surface area contributed by atoms with Crippen LogP contribution in [-0.2, 0) is 0 Å². The average Bonchev–Trinajstić information content (AvgIpc) is 2.82. The van der Waals surface area contributed by atoms with Crippen LogP contribution in [0.2, 0.25) is 0 Å². The molecule has 0 atom stereocenters. The summed E-state index contributed by atoms with van der Waals surface area (Å²) >= 11 is 0. The average molecular weight is 234 g/mol. The number of rotatable bonds is 3. The predicted molar refractivity (Wildman–Crippen MR) is 60.9 cm³/mol. The Morgan fingerprint density at radius 3 is 2.71 bits per heavy atom. The highest BCUT2D eigenvalue weighted by molar-refractivity contribution is 5.96. The normalized spacial score (nSPS) is 15.8. The zero-order chi connectivity index (χ0) is 12.3. The fraction of sp³-hybridized carbons (Fsp3) is 0.417. The number of carbonyl (C=O) groups is 2. The van der Waals surface area contributed by atoms with Gasteiger partial charge in [-0.1, -0.05) is 12.8 Å². The Morgan fingerprint density at radius 1 is 1.35 bits per heavy atom. The number of carboxylic acid groups (broad SMARTS) is 1. The SMILES string of the molecule is O=C(NC1CCCC1)c1ccnc(C(=O)O)c1. The topological polar surface area (TPSA) is 79.3 Å². The maximum absolute atomic E-state index is 11.8. The van der Waals surface area contributed by atoms with Gasteiger partial charge in [-0.2, -0.15) is 0 Å². The fourth-order valence-electron chi connectivity index (χ4n) is 2.03. The van der Waals surface area contributed by atoms with Crippen molar-refractivity contribution < 1.29 is 14.7 Å². The number of hydrogen-bond acceptors (Lipinski definition) is 3. The van der Waals surface area contributed by atoms with Gasteiger partial charge in [0.25, 0.3) is 5.91 Å². The number of aromatic nitrogens is 1. The Morgan fingerprint density at radius 2 is 2.06 bits per heavy atom. The summed E-state index contributed by atoms with van der Waals surface area (Å²) in [5, 5.41) is 11.7. The fourth-order valence-corrected chi connectivity index (χ4v) is 2.03. The molecule has 5 heteroatoms. The van der Waals surface area contributed by atoms with Crippen molar-refractivity contribution in [2.24, 2.45) is 0 Å². The molecule has 1 fully saturated rings. The molecule has 0 spiro atoms. The molecule has 1 aliphatic carbocycles. The summed E-state index contributed by atoms with van der Waals surface area (Å²) in [6.45, 7) is 0. The van der Waals surface area contributed by atoms with E-state index in [0.717, 1.165) is 25.7 Å². The van der Waals surface area contributed by atoms with Crippen molar-refractivity contribution in [1.29, 1.82) is 0 Å². The molecule has 1 aromatic rings. The summed E-state index contributed by atoms with van der Waals surface area (Å²) in [6, 6.07) is 3.05. The van der Waals surface area contributed by atoms with Crippen LogP contribution >= 0.6 is 0 Å². The van der Waals surface area contributed by atoms with Gasteiger partial charge in [-0.25, -0.2) is 9.78 Å². The molecule has 0 aromatic carbocycles. The van der Waals surface area contributed by atoms with Crippen LogP contribution in [0.5, 0.6) is 0 Å². The molecule has 2 rings (SSSR count). The minimum absolute atomic E-state index is 0.107. The first-order valence-electron chi connectivity index (χ1n) is 5.67. The highest BCUT2D eigenvalue weighted by Gasteiger charge is 2.18. The maximum Gasteiger partial charge on any atom is 0.354 e. The van der Waals surface area contributed by atoms with Crippen molar-refractivity contribution in [3.05, 3.63) is 29.6 Å². The number of carbonyl (C=O) groups excluding carboxylic acids is 1. The molecule has 1 aromatic heterocycles. The van der Waals surface area contributed by atoms with E-state index in [4.69, 9.17) is 5.11 Å². The van der Waals surface area contributed by atoms with Crippen LogP contribution in [0.25, 0.3) is 0 Å². The Hall–Kier alpha value is -1.91. The van der Waals surface area contributed by atoms with E-state index < -0.39 is 5.97 Å². The molecule has 1 aliphatic rings. The molecule has 2 N–H and O–H groups in total. The molecule has 17 heavy (non-hydrogen) atoms. The van der Waals surface area contributed by atoms with Crippen molar-refractivity contribution in [2.75, 3.05) is 0 Å². The first-order valence-corrected chi connectivity index (χ1v) is 5.67. The van der Waals surface area contributed by atoms with E-state index in [1.807, 2.05) is 0 Å². The van der Waals surface area contributed by atoms with Crippen LogP contribution < -0.4 is 5.32 Å². The van der Waals surface area contributed by atoms with Gasteiger partial charge >= 0.3 is 5.97 Å². The van der Waals surface area contributed by atoms with E-state index in [1.54, 1.807) is 0 Å². The summed E-state index contributed by atoms with van der Waals surface area (Å²) in [6.07, 6.45) is 5.63. The van der Waals surface area contributed by atoms with Gasteiger partial charge in [0, 0.05) is 17.8 Å². The lowest BCUT2D eigenvalue weighted by atomic mass is 10.2. The van der Waals surface area contributed by atoms with Crippen molar-refractivity contribution in [2.45, 2.75) is 31.7 Å². The molecule has 1 saturated carbocycles. The first-order chi connectivity index (χ1) is 8.16. The standard InChI is InChI=1S/C12H14N2O3/c15-11(14-9-3-1-2-4-9)8-5-6-13-10(7-8)12(16)17/h5-7,9H,1-4H2,(H,14,15)(H,16,17). The number of pyridine rings is 1. The molecular weight excluding hydrogens is 220 g/mol. The molecule has 1 amide bonds. The summed E-state index contributed by atoms with van der Waals surface area (Å²) in [4.78, 5) is 26.2. The van der Waals surface area contributed by atoms with Gasteiger partial charge in [0.2, 0.25) is 0 Å². The third-order valence-electron chi connectivity index (χ3n) is 2.93. The summed E-state index contributed by atoms with van der Waals surface area (Å²) in [7, 11) is 0. The first kappa shape index (κ1) is 11.6. The Balaban J connectivity index is 2.07. The predicted octanol–water partition coefficient (Wildman–Crippen LogP) is 1.45. The van der Waals surface area contributed by atoms with Crippen LogP contribution in [0.3, 0.4) is 0 Å². The second kappa shape index (κ2) is 4.95. The van der Waals surface area contributed by atoms with E-state index in [2.05, 4.69) is 10.3 Å². The van der Waals surface area contributed by atoms with Crippen LogP contribution in [-0.4, -0.2) is 28.0 Å². The Labute approximate surface area is 98.9 Å². The van der Waals surface area contributed by atoms with E-state index in [9.17, 15) is 9.59 Å². The summed E-state index contributed by atoms with van der Waals surface area (Å²) in [5.41, 5.74) is 0.244. The van der Waals surface area contributed by atoms with Crippen molar-refractivity contribution in [1.82, 2.24) is 10.3 Å². The molecule has 0 bridgehead atoms. The van der Waals surface area contributed by atoms with Crippen molar-refractivity contribution in [3.8, 4) is 0 Å². The summed E-state index contributed by atoms with van der Waals surface area (Å²) < 4.78 is 0. The quantitative estimate of drug-likeness (QED) is 0.829.